The van der Waals surface area contributed by atoms with Crippen LogP contribution in [0.4, 0.5) is 18.9 Å². The van der Waals surface area contributed by atoms with Gasteiger partial charge >= 0.3 is 7.12 Å². The maximum Gasteiger partial charge on any atom is 0.495 e. The van der Waals surface area contributed by atoms with Gasteiger partial charge in [-0.25, -0.2) is 18.2 Å². The van der Waals surface area contributed by atoms with Crippen molar-refractivity contribution in [3.05, 3.63) is 107 Å². The van der Waals surface area contributed by atoms with Crippen LogP contribution < -0.4 is 5.46 Å². The van der Waals surface area contributed by atoms with E-state index in [1.165, 1.54) is 6.07 Å². The molecule has 0 amide bonds. The Hall–Kier alpha value is -3.64. The van der Waals surface area contributed by atoms with Crippen molar-refractivity contribution in [3.8, 4) is 11.5 Å². The fourth-order valence-electron chi connectivity index (χ4n) is 7.09. The number of halogens is 3. The van der Waals surface area contributed by atoms with Gasteiger partial charge in [-0.2, -0.15) is 0 Å². The van der Waals surface area contributed by atoms with Crippen molar-refractivity contribution in [2.24, 2.45) is 4.99 Å². The third kappa shape index (κ3) is 6.29. The van der Waals surface area contributed by atoms with Gasteiger partial charge in [0.05, 0.1) is 28.2 Å². The molecular formula is C40H45BF3NO2Si. The van der Waals surface area contributed by atoms with Gasteiger partial charge in [0.1, 0.15) is 8.07 Å². The van der Waals surface area contributed by atoms with Gasteiger partial charge in [0.2, 0.25) is 0 Å². The fourth-order valence-corrected chi connectivity index (χ4v) is 12.3. The molecule has 5 rings (SSSR count). The average molecular weight is 668 g/mol. The van der Waals surface area contributed by atoms with Crippen LogP contribution in [0, 0.1) is 28.9 Å². The van der Waals surface area contributed by atoms with Crippen molar-refractivity contribution in [1.82, 2.24) is 0 Å². The first-order valence-corrected chi connectivity index (χ1v) is 19.0. The van der Waals surface area contributed by atoms with E-state index in [0.717, 1.165) is 11.1 Å². The molecule has 4 aromatic rings. The summed E-state index contributed by atoms with van der Waals surface area (Å²) in [5.41, 5.74) is 5.60. The van der Waals surface area contributed by atoms with Crippen LogP contribution in [0.3, 0.4) is 0 Å². The Morgan fingerprint density at radius 2 is 1.19 bits per heavy atom. The van der Waals surface area contributed by atoms with Crippen LogP contribution in [0.2, 0.25) is 16.6 Å². The van der Waals surface area contributed by atoms with Gasteiger partial charge < -0.3 is 9.31 Å². The second kappa shape index (κ2) is 13.3. The minimum atomic E-state index is -2.38. The molecule has 4 aromatic carbocycles. The van der Waals surface area contributed by atoms with E-state index in [0.29, 0.717) is 16.9 Å². The van der Waals surface area contributed by atoms with E-state index in [1.54, 1.807) is 6.07 Å². The van der Waals surface area contributed by atoms with E-state index in [9.17, 15) is 0 Å². The molecule has 0 radical (unpaired) electrons. The largest absolute Gasteiger partial charge is 0.495 e. The summed E-state index contributed by atoms with van der Waals surface area (Å²) in [5.74, 6) is -1.07. The Balaban J connectivity index is 1.88. The van der Waals surface area contributed by atoms with Gasteiger partial charge in [-0.1, -0.05) is 108 Å². The maximum absolute atomic E-state index is 16.1. The summed E-state index contributed by atoms with van der Waals surface area (Å²) in [5, 5.41) is 0.00651. The standard InChI is InChI=1S/C40H45BF3NO2Si/c1-25(2)48(26(3)4,27(5)6)22-21-31-34-32(36(43)37(44)35(31)42)23-30(24-33(34)41-46-39(7,8)40(9,10)47-41)45-38(28-17-13-11-14-18-28)29-19-15-12-16-20-29/h11-20,23-27H,1-10H3. The normalized spacial score (nSPS) is 15.7. The van der Waals surface area contributed by atoms with Crippen molar-refractivity contribution in [2.45, 2.75) is 97.1 Å². The van der Waals surface area contributed by atoms with Crippen LogP contribution in [0.15, 0.2) is 77.8 Å². The predicted molar refractivity (Wildman–Crippen MR) is 196 cm³/mol. The van der Waals surface area contributed by atoms with Gasteiger partial charge in [0, 0.05) is 21.9 Å². The van der Waals surface area contributed by atoms with E-state index >= 15 is 13.2 Å². The summed E-state index contributed by atoms with van der Waals surface area (Å²) in [6.45, 7) is 20.6. The molecule has 1 aliphatic rings. The Kier molecular flexibility index (Phi) is 9.91. The molecule has 0 unspecified atom stereocenters. The zero-order valence-electron chi connectivity index (χ0n) is 29.6. The quantitative estimate of drug-likeness (QED) is 0.0850. The average Bonchev–Trinajstić information content (AvgIpc) is 3.26. The van der Waals surface area contributed by atoms with Crippen molar-refractivity contribution in [1.29, 1.82) is 0 Å². The monoisotopic (exact) mass is 667 g/mol. The molecule has 0 spiro atoms. The lowest BCUT2D eigenvalue weighted by molar-refractivity contribution is 0.00578. The molecule has 250 valence electrons. The summed E-state index contributed by atoms with van der Waals surface area (Å²) >= 11 is 0. The topological polar surface area (TPSA) is 30.8 Å². The molecule has 1 aliphatic heterocycles. The molecule has 1 fully saturated rings. The van der Waals surface area contributed by atoms with Crippen LogP contribution >= 0.6 is 0 Å². The number of hydrogen-bond donors (Lipinski definition) is 0. The van der Waals surface area contributed by atoms with E-state index in [-0.39, 0.29) is 33.0 Å². The van der Waals surface area contributed by atoms with Crippen molar-refractivity contribution >= 4 is 42.8 Å². The van der Waals surface area contributed by atoms with Crippen molar-refractivity contribution < 1.29 is 22.5 Å². The molecule has 0 aromatic heterocycles. The van der Waals surface area contributed by atoms with Crippen LogP contribution in [0.5, 0.6) is 0 Å². The Bertz CT molecular complexity index is 1830. The number of nitrogens with zero attached hydrogens (tertiary/aromatic N) is 1. The highest BCUT2D eigenvalue weighted by Crippen LogP contribution is 2.42. The van der Waals surface area contributed by atoms with Gasteiger partial charge in [-0.3, -0.25) is 0 Å². The lowest BCUT2D eigenvalue weighted by Gasteiger charge is -2.38. The Morgan fingerprint density at radius 1 is 0.708 bits per heavy atom. The second-order valence-corrected chi connectivity index (χ2v) is 20.3. The number of hydrogen-bond acceptors (Lipinski definition) is 3. The molecule has 0 saturated carbocycles. The highest BCUT2D eigenvalue weighted by molar-refractivity contribution is 6.90. The summed E-state index contributed by atoms with van der Waals surface area (Å²) < 4.78 is 60.7. The van der Waals surface area contributed by atoms with Crippen LogP contribution in [-0.2, 0) is 9.31 Å². The first kappa shape index (κ1) is 35.7. The Morgan fingerprint density at radius 3 is 1.65 bits per heavy atom. The number of rotatable bonds is 7. The van der Waals surface area contributed by atoms with E-state index in [2.05, 4.69) is 53.0 Å². The first-order chi connectivity index (χ1) is 22.5. The molecule has 3 nitrogen and oxygen atoms in total. The zero-order valence-corrected chi connectivity index (χ0v) is 30.6. The molecule has 1 heterocycles. The van der Waals surface area contributed by atoms with E-state index < -0.39 is 43.8 Å². The fraction of sp³-hybridized carbons (Fsp3) is 0.375. The van der Waals surface area contributed by atoms with Crippen molar-refractivity contribution in [2.75, 3.05) is 0 Å². The van der Waals surface area contributed by atoms with Gasteiger partial charge in [-0.05, 0) is 61.9 Å². The number of fused-ring (bicyclic) bond motifs is 1. The lowest BCUT2D eigenvalue weighted by Crippen LogP contribution is -2.43. The summed E-state index contributed by atoms with van der Waals surface area (Å²) in [6.07, 6.45) is 0. The van der Waals surface area contributed by atoms with Gasteiger partial charge in [0.15, 0.2) is 17.5 Å². The molecule has 8 heteroatoms. The van der Waals surface area contributed by atoms with Crippen LogP contribution in [0.25, 0.3) is 10.8 Å². The molecule has 1 saturated heterocycles. The SMILES string of the molecule is CC(C)[Si](C#Cc1c(F)c(F)c(F)c2cc(N=C(c3ccccc3)c3ccccc3)cc(B3OC(C)(C)C(C)(C)O3)c12)(C(C)C)C(C)C. The third-order valence-electron chi connectivity index (χ3n) is 10.4. The number of aliphatic imine (C=N–C) groups is 1. The highest BCUT2D eigenvalue weighted by atomic mass is 28.3. The lowest BCUT2D eigenvalue weighted by atomic mass is 9.74. The van der Waals surface area contributed by atoms with Gasteiger partial charge in [0.25, 0.3) is 0 Å². The van der Waals surface area contributed by atoms with Gasteiger partial charge in [-0.15, -0.1) is 5.54 Å². The Labute approximate surface area is 285 Å². The predicted octanol–water partition coefficient (Wildman–Crippen LogP) is 10.3. The minimum Gasteiger partial charge on any atom is -0.399 e. The van der Waals surface area contributed by atoms with E-state index in [1.807, 2.05) is 88.4 Å². The summed E-state index contributed by atoms with van der Waals surface area (Å²) in [7, 11) is -3.40. The first-order valence-electron chi connectivity index (χ1n) is 16.7. The maximum atomic E-state index is 16.1. The minimum absolute atomic E-state index is 0.129. The molecule has 0 bridgehead atoms. The molecule has 0 aliphatic carbocycles. The highest BCUT2D eigenvalue weighted by Gasteiger charge is 2.52. The molecule has 0 atom stereocenters. The second-order valence-electron chi connectivity index (χ2n) is 14.7. The van der Waals surface area contributed by atoms with Crippen molar-refractivity contribution in [3.63, 3.8) is 0 Å². The summed E-state index contributed by atoms with van der Waals surface area (Å²) in [6, 6.07) is 22.5. The molecular weight excluding hydrogens is 622 g/mol. The molecule has 48 heavy (non-hydrogen) atoms. The molecule has 0 N–H and O–H groups in total. The van der Waals surface area contributed by atoms with Crippen LogP contribution in [-0.4, -0.2) is 32.1 Å². The van der Waals surface area contributed by atoms with E-state index in [4.69, 9.17) is 14.3 Å². The smallest absolute Gasteiger partial charge is 0.399 e. The summed E-state index contributed by atoms with van der Waals surface area (Å²) in [4.78, 5) is 5.03. The zero-order chi connectivity index (χ0) is 35.2. The number of benzene rings is 4. The third-order valence-corrected chi connectivity index (χ3v) is 16.6. The van der Waals surface area contributed by atoms with Crippen LogP contribution in [0.1, 0.15) is 85.9 Å².